The van der Waals surface area contributed by atoms with Gasteiger partial charge in [0.05, 0.1) is 12.8 Å². The smallest absolute Gasteiger partial charge is 0.268 e. The molecule has 1 N–H and O–H groups in total. The highest BCUT2D eigenvalue weighted by molar-refractivity contribution is 7.93. The van der Waals surface area contributed by atoms with Gasteiger partial charge in [0.2, 0.25) is 5.91 Å². The van der Waals surface area contributed by atoms with E-state index < -0.39 is 22.5 Å². The molecule has 0 heterocycles. The van der Waals surface area contributed by atoms with Crippen molar-refractivity contribution in [3.8, 4) is 5.75 Å². The second-order valence-corrected chi connectivity index (χ2v) is 9.67. The van der Waals surface area contributed by atoms with Gasteiger partial charge in [-0.2, -0.15) is 0 Å². The standard InChI is InChI=1S/C24H25ClN2O4S/c1-17-4-7-19(8-5-17)15-26-24(28)16-27(21-11-9-20(25)10-12-21)32(29,30)23-14-18(2)6-13-22(23)31-3/h4-14H,15-16H2,1-3H3,(H,26,28). The molecule has 3 aromatic carbocycles. The lowest BCUT2D eigenvalue weighted by molar-refractivity contribution is -0.119. The summed E-state index contributed by atoms with van der Waals surface area (Å²) in [5, 5.41) is 3.25. The molecule has 3 aromatic rings. The molecule has 168 valence electrons. The lowest BCUT2D eigenvalue weighted by Crippen LogP contribution is -2.40. The summed E-state index contributed by atoms with van der Waals surface area (Å²) in [6.07, 6.45) is 0. The molecule has 8 heteroatoms. The maximum Gasteiger partial charge on any atom is 0.268 e. The summed E-state index contributed by atoms with van der Waals surface area (Å²) in [6.45, 7) is 3.67. The number of halogens is 1. The van der Waals surface area contributed by atoms with E-state index in [1.807, 2.05) is 31.2 Å². The van der Waals surface area contributed by atoms with Crippen molar-refractivity contribution in [2.24, 2.45) is 0 Å². The van der Waals surface area contributed by atoms with Crippen molar-refractivity contribution in [2.75, 3.05) is 18.0 Å². The molecular weight excluding hydrogens is 448 g/mol. The molecule has 0 unspecified atom stereocenters. The molecule has 0 spiro atoms. The van der Waals surface area contributed by atoms with E-state index in [1.165, 1.54) is 13.2 Å². The summed E-state index contributed by atoms with van der Waals surface area (Å²) in [7, 11) is -2.70. The second kappa shape index (κ2) is 10.1. The molecule has 0 fully saturated rings. The number of nitrogens with zero attached hydrogens (tertiary/aromatic N) is 1. The fourth-order valence-corrected chi connectivity index (χ4v) is 4.91. The Bertz CT molecular complexity index is 1190. The Hall–Kier alpha value is -3.03. The molecule has 0 saturated carbocycles. The zero-order valence-corrected chi connectivity index (χ0v) is 19.7. The zero-order valence-electron chi connectivity index (χ0n) is 18.1. The van der Waals surface area contributed by atoms with Crippen molar-refractivity contribution in [1.82, 2.24) is 5.32 Å². The Balaban J connectivity index is 1.92. The predicted octanol–water partition coefficient (Wildman–Crippen LogP) is 4.48. The molecule has 32 heavy (non-hydrogen) atoms. The van der Waals surface area contributed by atoms with E-state index in [9.17, 15) is 13.2 Å². The Labute approximate surface area is 193 Å². The third-order valence-corrected chi connectivity index (χ3v) is 6.95. The van der Waals surface area contributed by atoms with Crippen LogP contribution in [0.5, 0.6) is 5.75 Å². The van der Waals surface area contributed by atoms with Crippen molar-refractivity contribution in [2.45, 2.75) is 25.3 Å². The molecular formula is C24H25ClN2O4S. The van der Waals surface area contributed by atoms with Gasteiger partial charge in [-0.05, 0) is 61.4 Å². The van der Waals surface area contributed by atoms with Crippen LogP contribution in [0.3, 0.4) is 0 Å². The van der Waals surface area contributed by atoms with E-state index in [1.54, 1.807) is 43.3 Å². The number of amides is 1. The van der Waals surface area contributed by atoms with Crippen molar-refractivity contribution in [3.05, 3.63) is 88.4 Å². The topological polar surface area (TPSA) is 75.7 Å². The van der Waals surface area contributed by atoms with E-state index >= 15 is 0 Å². The first-order valence-electron chi connectivity index (χ1n) is 9.96. The molecule has 0 aromatic heterocycles. The molecule has 3 rings (SSSR count). The summed E-state index contributed by atoms with van der Waals surface area (Å²) in [5.41, 5.74) is 3.12. The van der Waals surface area contributed by atoms with E-state index in [0.29, 0.717) is 17.3 Å². The van der Waals surface area contributed by atoms with Crippen LogP contribution in [0.4, 0.5) is 5.69 Å². The maximum absolute atomic E-state index is 13.6. The number of aryl methyl sites for hydroxylation is 2. The average molecular weight is 473 g/mol. The number of carbonyl (C=O) groups is 1. The lowest BCUT2D eigenvalue weighted by atomic mass is 10.1. The van der Waals surface area contributed by atoms with Crippen LogP contribution in [0.25, 0.3) is 0 Å². The summed E-state index contributed by atoms with van der Waals surface area (Å²) < 4.78 is 33.6. The minimum Gasteiger partial charge on any atom is -0.495 e. The van der Waals surface area contributed by atoms with Crippen LogP contribution in [-0.2, 0) is 21.4 Å². The molecule has 0 aliphatic rings. The third kappa shape index (κ3) is 5.60. The van der Waals surface area contributed by atoms with Crippen molar-refractivity contribution < 1.29 is 17.9 Å². The van der Waals surface area contributed by atoms with Crippen LogP contribution < -0.4 is 14.4 Å². The molecule has 1 amide bonds. The summed E-state index contributed by atoms with van der Waals surface area (Å²) in [6, 6.07) is 18.9. The second-order valence-electron chi connectivity index (χ2n) is 7.40. The maximum atomic E-state index is 13.6. The number of methoxy groups -OCH3 is 1. The molecule has 0 saturated heterocycles. The largest absolute Gasteiger partial charge is 0.495 e. The lowest BCUT2D eigenvalue weighted by Gasteiger charge is -2.25. The highest BCUT2D eigenvalue weighted by Gasteiger charge is 2.30. The van der Waals surface area contributed by atoms with Crippen LogP contribution in [0.15, 0.2) is 71.6 Å². The van der Waals surface area contributed by atoms with Gasteiger partial charge in [-0.1, -0.05) is 47.5 Å². The summed E-state index contributed by atoms with van der Waals surface area (Å²) in [5.74, 6) is -0.231. The van der Waals surface area contributed by atoms with Gasteiger partial charge in [-0.3, -0.25) is 9.10 Å². The molecule has 6 nitrogen and oxygen atoms in total. The van der Waals surface area contributed by atoms with Gasteiger partial charge in [0.1, 0.15) is 17.2 Å². The fraction of sp³-hybridized carbons (Fsp3) is 0.208. The van der Waals surface area contributed by atoms with Gasteiger partial charge >= 0.3 is 0 Å². The van der Waals surface area contributed by atoms with Crippen LogP contribution >= 0.6 is 11.6 Å². The van der Waals surface area contributed by atoms with E-state index in [2.05, 4.69) is 5.32 Å². The number of hydrogen-bond donors (Lipinski definition) is 1. The number of nitrogens with one attached hydrogen (secondary N) is 1. The summed E-state index contributed by atoms with van der Waals surface area (Å²) in [4.78, 5) is 12.7. The number of hydrogen-bond acceptors (Lipinski definition) is 4. The van der Waals surface area contributed by atoms with E-state index in [4.69, 9.17) is 16.3 Å². The van der Waals surface area contributed by atoms with E-state index in [-0.39, 0.29) is 10.6 Å². The average Bonchev–Trinajstić information content (AvgIpc) is 2.77. The Morgan fingerprint density at radius 3 is 2.22 bits per heavy atom. The number of carbonyl (C=O) groups excluding carboxylic acids is 1. The van der Waals surface area contributed by atoms with Crippen molar-refractivity contribution in [1.29, 1.82) is 0 Å². The Morgan fingerprint density at radius 2 is 1.59 bits per heavy atom. The van der Waals surface area contributed by atoms with Gasteiger partial charge in [0.25, 0.3) is 10.0 Å². The van der Waals surface area contributed by atoms with Gasteiger partial charge in [-0.25, -0.2) is 8.42 Å². The van der Waals surface area contributed by atoms with Gasteiger partial charge < -0.3 is 10.1 Å². The highest BCUT2D eigenvalue weighted by Crippen LogP contribution is 2.31. The fourth-order valence-electron chi connectivity index (χ4n) is 3.12. The Kier molecular flexibility index (Phi) is 7.43. The zero-order chi connectivity index (χ0) is 23.3. The summed E-state index contributed by atoms with van der Waals surface area (Å²) >= 11 is 5.98. The molecule has 0 aliphatic heterocycles. The number of benzene rings is 3. The Morgan fingerprint density at radius 1 is 0.969 bits per heavy atom. The molecule has 0 atom stereocenters. The van der Waals surface area contributed by atoms with Crippen molar-refractivity contribution in [3.63, 3.8) is 0 Å². The normalized spacial score (nSPS) is 11.1. The van der Waals surface area contributed by atoms with Crippen LogP contribution in [0.2, 0.25) is 5.02 Å². The molecule has 0 aliphatic carbocycles. The van der Waals surface area contributed by atoms with Crippen LogP contribution in [0.1, 0.15) is 16.7 Å². The monoisotopic (exact) mass is 472 g/mol. The van der Waals surface area contributed by atoms with E-state index in [0.717, 1.165) is 21.0 Å². The van der Waals surface area contributed by atoms with Gasteiger partial charge in [0.15, 0.2) is 0 Å². The number of sulfonamides is 1. The third-order valence-electron chi connectivity index (χ3n) is 4.90. The van der Waals surface area contributed by atoms with Gasteiger partial charge in [0, 0.05) is 11.6 Å². The number of ether oxygens (including phenoxy) is 1. The minimum atomic E-state index is -4.11. The number of anilines is 1. The minimum absolute atomic E-state index is 0.0127. The predicted molar refractivity (Wildman–Crippen MR) is 127 cm³/mol. The first-order chi connectivity index (χ1) is 15.2. The van der Waals surface area contributed by atoms with Crippen LogP contribution in [0, 0.1) is 13.8 Å². The first-order valence-corrected chi connectivity index (χ1v) is 11.8. The quantitative estimate of drug-likeness (QED) is 0.524. The first kappa shape index (κ1) is 23.6. The number of rotatable bonds is 8. The van der Waals surface area contributed by atoms with Gasteiger partial charge in [-0.15, -0.1) is 0 Å². The highest BCUT2D eigenvalue weighted by atomic mass is 35.5. The molecule has 0 radical (unpaired) electrons. The molecule has 0 bridgehead atoms. The van der Waals surface area contributed by atoms with Crippen molar-refractivity contribution >= 4 is 33.2 Å². The van der Waals surface area contributed by atoms with Crippen LogP contribution in [-0.4, -0.2) is 28.0 Å². The SMILES string of the molecule is COc1ccc(C)cc1S(=O)(=O)N(CC(=O)NCc1ccc(C)cc1)c1ccc(Cl)cc1.